The number of amides is 1. The van der Waals surface area contributed by atoms with Crippen molar-refractivity contribution in [2.45, 2.75) is 44.7 Å². The second-order valence-electron chi connectivity index (χ2n) is 8.18. The molecule has 0 radical (unpaired) electrons. The zero-order valence-electron chi connectivity index (χ0n) is 15.6. The minimum atomic E-state index is -0.135. The Hall–Kier alpha value is -1.46. The Morgan fingerprint density at radius 2 is 2.00 bits per heavy atom. The first kappa shape index (κ1) is 17.9. The summed E-state index contributed by atoms with van der Waals surface area (Å²) < 4.78 is 13.9. The van der Waals surface area contributed by atoms with Gasteiger partial charge in [-0.05, 0) is 37.7 Å². The summed E-state index contributed by atoms with van der Waals surface area (Å²) in [4.78, 5) is 19.5. The largest absolute Gasteiger partial charge is 0.341 e. The highest BCUT2D eigenvalue weighted by Crippen LogP contribution is 2.37. The molecule has 2 bridgehead atoms. The van der Waals surface area contributed by atoms with Crippen LogP contribution in [-0.4, -0.2) is 65.9 Å². The molecule has 1 saturated carbocycles. The molecule has 4 nitrogen and oxygen atoms in total. The van der Waals surface area contributed by atoms with Gasteiger partial charge in [-0.1, -0.05) is 18.2 Å². The molecule has 4 rings (SSSR count). The fraction of sp³-hybridized carbons (Fsp3) is 0.667. The SMILES string of the molecule is O=C(CCN1C[C@H]2CC[C@@H]1C2)N1CCCN(Cc2ccccc2F)CC1. The highest BCUT2D eigenvalue weighted by molar-refractivity contribution is 5.76. The number of carbonyl (C=O) groups is 1. The predicted octanol–water partition coefficient (Wildman–Crippen LogP) is 2.73. The molecule has 0 spiro atoms. The first-order chi connectivity index (χ1) is 12.7. The summed E-state index contributed by atoms with van der Waals surface area (Å²) in [6.45, 7) is 6.11. The molecule has 3 aliphatic rings. The number of hydrogen-bond acceptors (Lipinski definition) is 3. The van der Waals surface area contributed by atoms with Crippen LogP contribution in [0, 0.1) is 11.7 Å². The Bertz CT molecular complexity index is 637. The van der Waals surface area contributed by atoms with Gasteiger partial charge in [0.1, 0.15) is 5.82 Å². The molecule has 5 heteroatoms. The minimum absolute atomic E-state index is 0.135. The topological polar surface area (TPSA) is 26.8 Å². The molecular formula is C21H30FN3O. The molecule has 1 aromatic carbocycles. The third kappa shape index (κ3) is 4.09. The van der Waals surface area contributed by atoms with Crippen molar-refractivity contribution in [1.82, 2.24) is 14.7 Å². The Kier molecular flexibility index (Phi) is 5.55. The van der Waals surface area contributed by atoms with Crippen LogP contribution in [0.25, 0.3) is 0 Å². The van der Waals surface area contributed by atoms with Crippen molar-refractivity contribution in [2.24, 2.45) is 5.92 Å². The normalized spacial score (nSPS) is 27.0. The number of piperidine rings is 1. The summed E-state index contributed by atoms with van der Waals surface area (Å²) in [7, 11) is 0. The van der Waals surface area contributed by atoms with Gasteiger partial charge in [0.15, 0.2) is 0 Å². The Labute approximate surface area is 155 Å². The van der Waals surface area contributed by atoms with Crippen molar-refractivity contribution in [3.63, 3.8) is 0 Å². The van der Waals surface area contributed by atoms with E-state index in [9.17, 15) is 9.18 Å². The molecule has 142 valence electrons. The van der Waals surface area contributed by atoms with Gasteiger partial charge < -0.3 is 4.90 Å². The molecule has 2 saturated heterocycles. The average molecular weight is 359 g/mol. The van der Waals surface area contributed by atoms with Crippen molar-refractivity contribution >= 4 is 5.91 Å². The Balaban J connectivity index is 1.24. The molecule has 3 fully saturated rings. The monoisotopic (exact) mass is 359 g/mol. The first-order valence-corrected chi connectivity index (χ1v) is 10.2. The van der Waals surface area contributed by atoms with E-state index in [-0.39, 0.29) is 5.82 Å². The van der Waals surface area contributed by atoms with Gasteiger partial charge in [0.05, 0.1) is 0 Å². The maximum Gasteiger partial charge on any atom is 0.223 e. The number of carbonyl (C=O) groups excluding carboxylic acids is 1. The van der Waals surface area contributed by atoms with E-state index >= 15 is 0 Å². The molecule has 0 aromatic heterocycles. The lowest BCUT2D eigenvalue weighted by atomic mass is 10.1. The number of benzene rings is 1. The molecule has 26 heavy (non-hydrogen) atoms. The van der Waals surface area contributed by atoms with Crippen LogP contribution in [0.2, 0.25) is 0 Å². The van der Waals surface area contributed by atoms with Crippen LogP contribution in [0.3, 0.4) is 0 Å². The van der Waals surface area contributed by atoms with Gasteiger partial charge in [-0.3, -0.25) is 14.6 Å². The predicted molar refractivity (Wildman–Crippen MR) is 100 cm³/mol. The summed E-state index contributed by atoms with van der Waals surface area (Å²) >= 11 is 0. The smallest absolute Gasteiger partial charge is 0.223 e. The summed E-state index contributed by atoms with van der Waals surface area (Å²) in [5, 5.41) is 0. The Morgan fingerprint density at radius 3 is 2.77 bits per heavy atom. The van der Waals surface area contributed by atoms with Crippen LogP contribution < -0.4 is 0 Å². The number of nitrogens with zero attached hydrogens (tertiary/aromatic N) is 3. The summed E-state index contributed by atoms with van der Waals surface area (Å²) in [6.07, 6.45) is 5.68. The van der Waals surface area contributed by atoms with E-state index in [1.165, 1.54) is 31.9 Å². The molecule has 1 amide bonds. The molecule has 1 aliphatic carbocycles. The molecule has 0 unspecified atom stereocenters. The zero-order valence-corrected chi connectivity index (χ0v) is 15.6. The van der Waals surface area contributed by atoms with Gasteiger partial charge in [0.25, 0.3) is 0 Å². The maximum absolute atomic E-state index is 13.9. The van der Waals surface area contributed by atoms with Crippen LogP contribution in [0.1, 0.15) is 37.7 Å². The van der Waals surface area contributed by atoms with Crippen molar-refractivity contribution in [3.8, 4) is 0 Å². The van der Waals surface area contributed by atoms with Crippen molar-refractivity contribution < 1.29 is 9.18 Å². The molecule has 2 aliphatic heterocycles. The first-order valence-electron chi connectivity index (χ1n) is 10.2. The summed E-state index contributed by atoms with van der Waals surface area (Å²) in [6, 6.07) is 7.74. The second kappa shape index (κ2) is 8.05. The highest BCUT2D eigenvalue weighted by atomic mass is 19.1. The van der Waals surface area contributed by atoms with E-state index in [0.29, 0.717) is 18.9 Å². The minimum Gasteiger partial charge on any atom is -0.341 e. The van der Waals surface area contributed by atoms with Crippen LogP contribution in [-0.2, 0) is 11.3 Å². The van der Waals surface area contributed by atoms with E-state index in [2.05, 4.69) is 9.80 Å². The Morgan fingerprint density at radius 1 is 1.12 bits per heavy atom. The van der Waals surface area contributed by atoms with Gasteiger partial charge in [0.2, 0.25) is 5.91 Å². The number of rotatable bonds is 5. The van der Waals surface area contributed by atoms with Gasteiger partial charge in [-0.15, -0.1) is 0 Å². The van der Waals surface area contributed by atoms with Gasteiger partial charge >= 0.3 is 0 Å². The number of fused-ring (bicyclic) bond motifs is 2. The summed E-state index contributed by atoms with van der Waals surface area (Å²) in [5.41, 5.74) is 0.747. The molecule has 1 aromatic rings. The van der Waals surface area contributed by atoms with Gasteiger partial charge in [-0.2, -0.15) is 0 Å². The fourth-order valence-corrected chi connectivity index (χ4v) is 4.94. The van der Waals surface area contributed by atoms with E-state index in [4.69, 9.17) is 0 Å². The maximum atomic E-state index is 13.9. The number of likely N-dealkylation sites (tertiary alicyclic amines) is 1. The molecule has 2 heterocycles. The van der Waals surface area contributed by atoms with E-state index < -0.39 is 0 Å². The second-order valence-corrected chi connectivity index (χ2v) is 8.18. The van der Waals surface area contributed by atoms with Crippen LogP contribution in [0.5, 0.6) is 0 Å². The lowest BCUT2D eigenvalue weighted by Crippen LogP contribution is -2.39. The van der Waals surface area contributed by atoms with Gasteiger partial charge in [0, 0.05) is 63.8 Å². The third-order valence-corrected chi connectivity index (χ3v) is 6.43. The van der Waals surface area contributed by atoms with Crippen molar-refractivity contribution in [3.05, 3.63) is 35.6 Å². The van der Waals surface area contributed by atoms with E-state index in [1.807, 2.05) is 17.0 Å². The average Bonchev–Trinajstić information content (AvgIpc) is 3.19. The van der Waals surface area contributed by atoms with Gasteiger partial charge in [-0.25, -0.2) is 4.39 Å². The summed E-state index contributed by atoms with van der Waals surface area (Å²) in [5.74, 6) is 1.05. The lowest BCUT2D eigenvalue weighted by molar-refractivity contribution is -0.131. The number of hydrogen-bond donors (Lipinski definition) is 0. The third-order valence-electron chi connectivity index (χ3n) is 6.43. The van der Waals surface area contributed by atoms with E-state index in [1.54, 1.807) is 6.07 Å². The van der Waals surface area contributed by atoms with Crippen LogP contribution in [0.4, 0.5) is 4.39 Å². The highest BCUT2D eigenvalue weighted by Gasteiger charge is 2.37. The van der Waals surface area contributed by atoms with E-state index in [0.717, 1.165) is 56.7 Å². The van der Waals surface area contributed by atoms with Crippen molar-refractivity contribution in [1.29, 1.82) is 0 Å². The van der Waals surface area contributed by atoms with Crippen molar-refractivity contribution in [2.75, 3.05) is 39.3 Å². The number of halogens is 1. The quantitative estimate of drug-likeness (QED) is 0.809. The molecular weight excluding hydrogens is 329 g/mol. The molecule has 2 atom stereocenters. The molecule has 0 N–H and O–H groups in total. The van der Waals surface area contributed by atoms with Crippen LogP contribution in [0.15, 0.2) is 24.3 Å². The van der Waals surface area contributed by atoms with Crippen LogP contribution >= 0.6 is 0 Å². The standard InChI is InChI=1S/C21H30FN3O/c22-20-5-2-1-4-18(20)16-23-9-3-10-24(13-12-23)21(26)8-11-25-15-17-6-7-19(25)14-17/h1-2,4-5,17,19H,3,6-16H2/t17-,19+/m0/s1. The zero-order chi connectivity index (χ0) is 17.9. The lowest BCUT2D eigenvalue weighted by Gasteiger charge is -2.28. The fourth-order valence-electron chi connectivity index (χ4n) is 4.94.